The van der Waals surface area contributed by atoms with E-state index in [1.807, 2.05) is 43.8 Å². The molecule has 21 heavy (non-hydrogen) atoms. The smallest absolute Gasteiger partial charge is 0.305 e. The molecule has 0 aromatic heterocycles. The van der Waals surface area contributed by atoms with Crippen LogP contribution in [-0.2, 0) is 4.79 Å². The molecule has 5 nitrogen and oxygen atoms in total. The quantitative estimate of drug-likeness (QED) is 0.558. The van der Waals surface area contributed by atoms with E-state index in [-0.39, 0.29) is 6.42 Å². The molecule has 0 aliphatic heterocycles. The van der Waals surface area contributed by atoms with Crippen molar-refractivity contribution in [3.05, 3.63) is 24.3 Å². The Balaban J connectivity index is 2.69. The molecule has 1 aromatic rings. The number of aliphatic carboxylic acids is 1. The summed E-state index contributed by atoms with van der Waals surface area (Å²) in [5.41, 5.74) is 0.997. The van der Waals surface area contributed by atoms with E-state index in [0.717, 1.165) is 41.9 Å². The molecule has 114 valence electrons. The van der Waals surface area contributed by atoms with Crippen LogP contribution >= 0.6 is 11.8 Å². The van der Waals surface area contributed by atoms with Gasteiger partial charge in [-0.1, -0.05) is 0 Å². The molecular weight excluding hydrogens is 286 g/mol. The lowest BCUT2D eigenvalue weighted by Crippen LogP contribution is -2.29. The standard InChI is InChI=1S/C15H21N3O2S/c1-17(2)9-3-10-18(11-8-15(19)20)13-4-6-14(7-5-13)21-12-16/h4-7H,3,8-11H2,1-2H3,(H,19,20). The molecule has 0 unspecified atom stereocenters. The first-order valence-electron chi connectivity index (χ1n) is 6.80. The minimum absolute atomic E-state index is 0.122. The fraction of sp³-hybridized carbons (Fsp3) is 0.467. The van der Waals surface area contributed by atoms with E-state index in [2.05, 4.69) is 9.80 Å². The second-order valence-electron chi connectivity index (χ2n) is 4.97. The number of nitrogens with zero attached hydrogens (tertiary/aromatic N) is 3. The molecule has 0 amide bonds. The van der Waals surface area contributed by atoms with Gasteiger partial charge in [0.2, 0.25) is 0 Å². The van der Waals surface area contributed by atoms with Crippen LogP contribution in [0.4, 0.5) is 5.69 Å². The predicted molar refractivity (Wildman–Crippen MR) is 85.5 cm³/mol. The van der Waals surface area contributed by atoms with E-state index in [4.69, 9.17) is 10.4 Å². The lowest BCUT2D eigenvalue weighted by molar-refractivity contribution is -0.136. The molecule has 1 N–H and O–H groups in total. The van der Waals surface area contributed by atoms with Gasteiger partial charge in [0.1, 0.15) is 5.40 Å². The van der Waals surface area contributed by atoms with E-state index < -0.39 is 5.97 Å². The highest BCUT2D eigenvalue weighted by molar-refractivity contribution is 8.03. The van der Waals surface area contributed by atoms with Crippen LogP contribution in [0.15, 0.2) is 29.2 Å². The van der Waals surface area contributed by atoms with Gasteiger partial charge < -0.3 is 14.9 Å². The summed E-state index contributed by atoms with van der Waals surface area (Å²) in [4.78, 5) is 15.9. The number of carboxylic acids is 1. The summed E-state index contributed by atoms with van der Waals surface area (Å²) in [6, 6.07) is 7.67. The molecule has 0 spiro atoms. The SMILES string of the molecule is CN(C)CCCN(CCC(=O)O)c1ccc(SC#N)cc1. The van der Waals surface area contributed by atoms with Crippen molar-refractivity contribution in [2.24, 2.45) is 0 Å². The van der Waals surface area contributed by atoms with E-state index >= 15 is 0 Å². The van der Waals surface area contributed by atoms with Gasteiger partial charge in [-0.05, 0) is 63.1 Å². The van der Waals surface area contributed by atoms with Gasteiger partial charge in [-0.2, -0.15) is 5.26 Å². The fourth-order valence-corrected chi connectivity index (χ4v) is 2.33. The molecule has 0 saturated carbocycles. The highest BCUT2D eigenvalue weighted by Crippen LogP contribution is 2.22. The van der Waals surface area contributed by atoms with Gasteiger partial charge in [-0.3, -0.25) is 4.79 Å². The molecule has 0 aliphatic carbocycles. The highest BCUT2D eigenvalue weighted by Gasteiger charge is 2.09. The van der Waals surface area contributed by atoms with Crippen LogP contribution in [-0.4, -0.2) is 49.7 Å². The van der Waals surface area contributed by atoms with Crippen molar-refractivity contribution < 1.29 is 9.90 Å². The van der Waals surface area contributed by atoms with E-state index in [9.17, 15) is 4.79 Å². The third-order valence-corrected chi connectivity index (χ3v) is 3.59. The van der Waals surface area contributed by atoms with E-state index in [1.165, 1.54) is 0 Å². The Morgan fingerprint density at radius 2 is 1.90 bits per heavy atom. The summed E-state index contributed by atoms with van der Waals surface area (Å²) in [6.07, 6.45) is 1.10. The summed E-state index contributed by atoms with van der Waals surface area (Å²) in [7, 11) is 4.05. The number of hydrogen-bond acceptors (Lipinski definition) is 5. The monoisotopic (exact) mass is 307 g/mol. The van der Waals surface area contributed by atoms with Gasteiger partial charge >= 0.3 is 5.97 Å². The number of thiocyanates is 1. The number of rotatable bonds is 9. The molecule has 0 atom stereocenters. The molecule has 0 aliphatic rings. The lowest BCUT2D eigenvalue weighted by atomic mass is 10.2. The van der Waals surface area contributed by atoms with Gasteiger partial charge in [0.25, 0.3) is 0 Å². The summed E-state index contributed by atoms with van der Waals surface area (Å²) < 4.78 is 0. The van der Waals surface area contributed by atoms with Crippen molar-refractivity contribution in [2.45, 2.75) is 17.7 Å². The number of benzene rings is 1. The van der Waals surface area contributed by atoms with Crippen LogP contribution in [0.1, 0.15) is 12.8 Å². The van der Waals surface area contributed by atoms with Crippen LogP contribution in [0, 0.1) is 10.7 Å². The predicted octanol–water partition coefficient (Wildman–Crippen LogP) is 2.49. The number of thioether (sulfide) groups is 1. The van der Waals surface area contributed by atoms with Gasteiger partial charge in [-0.15, -0.1) is 0 Å². The lowest BCUT2D eigenvalue weighted by Gasteiger charge is -2.25. The molecule has 0 heterocycles. The molecule has 0 saturated heterocycles. The minimum atomic E-state index is -0.788. The summed E-state index contributed by atoms with van der Waals surface area (Å²) in [6.45, 7) is 2.27. The molecule has 1 rings (SSSR count). The molecule has 0 radical (unpaired) electrons. The second kappa shape index (κ2) is 9.27. The van der Waals surface area contributed by atoms with Gasteiger partial charge in [0.05, 0.1) is 6.42 Å². The van der Waals surface area contributed by atoms with E-state index in [1.54, 1.807) is 0 Å². The first-order valence-corrected chi connectivity index (χ1v) is 7.62. The number of hydrogen-bond donors (Lipinski definition) is 1. The number of nitriles is 1. The first kappa shape index (κ1) is 17.3. The Morgan fingerprint density at radius 3 is 2.43 bits per heavy atom. The van der Waals surface area contributed by atoms with Crippen molar-refractivity contribution in [3.8, 4) is 5.40 Å². The summed E-state index contributed by atoms with van der Waals surface area (Å²) in [5, 5.41) is 19.5. The van der Waals surface area contributed by atoms with Crippen LogP contribution < -0.4 is 4.90 Å². The first-order chi connectivity index (χ1) is 10.0. The number of carbonyl (C=O) groups is 1. The molecular formula is C15H21N3O2S. The van der Waals surface area contributed by atoms with Crippen molar-refractivity contribution >= 4 is 23.4 Å². The van der Waals surface area contributed by atoms with Crippen LogP contribution in [0.25, 0.3) is 0 Å². The maximum atomic E-state index is 10.8. The largest absolute Gasteiger partial charge is 0.481 e. The van der Waals surface area contributed by atoms with Crippen molar-refractivity contribution in [3.63, 3.8) is 0 Å². The molecule has 0 fully saturated rings. The van der Waals surface area contributed by atoms with Crippen LogP contribution in [0.5, 0.6) is 0 Å². The normalized spacial score (nSPS) is 10.4. The maximum Gasteiger partial charge on any atom is 0.305 e. The fourth-order valence-electron chi connectivity index (χ4n) is 1.96. The highest BCUT2D eigenvalue weighted by atomic mass is 32.2. The Hall–Kier alpha value is -1.71. The van der Waals surface area contributed by atoms with Crippen LogP contribution in [0.2, 0.25) is 0 Å². The average Bonchev–Trinajstić information content (AvgIpc) is 2.43. The minimum Gasteiger partial charge on any atom is -0.481 e. The molecule has 1 aromatic carbocycles. The Bertz CT molecular complexity index is 483. The Labute approximate surface area is 130 Å². The number of carboxylic acid groups (broad SMARTS) is 1. The van der Waals surface area contributed by atoms with Gasteiger partial charge in [-0.25, -0.2) is 0 Å². The van der Waals surface area contributed by atoms with Crippen molar-refractivity contribution in [2.75, 3.05) is 38.6 Å². The maximum absolute atomic E-state index is 10.8. The van der Waals surface area contributed by atoms with Crippen LogP contribution in [0.3, 0.4) is 0 Å². The zero-order valence-corrected chi connectivity index (χ0v) is 13.3. The average molecular weight is 307 g/mol. The van der Waals surface area contributed by atoms with Gasteiger partial charge in [0.15, 0.2) is 0 Å². The topological polar surface area (TPSA) is 67.6 Å². The summed E-state index contributed by atoms with van der Waals surface area (Å²) in [5.74, 6) is -0.788. The molecule has 6 heteroatoms. The second-order valence-corrected chi connectivity index (χ2v) is 5.83. The molecule has 0 bridgehead atoms. The zero-order chi connectivity index (χ0) is 15.7. The Morgan fingerprint density at radius 1 is 1.24 bits per heavy atom. The third kappa shape index (κ3) is 7.02. The van der Waals surface area contributed by atoms with Gasteiger partial charge in [0, 0.05) is 23.7 Å². The zero-order valence-electron chi connectivity index (χ0n) is 12.5. The van der Waals surface area contributed by atoms with Crippen molar-refractivity contribution in [1.82, 2.24) is 4.90 Å². The summed E-state index contributed by atoms with van der Waals surface area (Å²) >= 11 is 1.12. The van der Waals surface area contributed by atoms with E-state index in [0.29, 0.717) is 6.54 Å². The van der Waals surface area contributed by atoms with Crippen molar-refractivity contribution in [1.29, 1.82) is 5.26 Å². The third-order valence-electron chi connectivity index (χ3n) is 2.99. The Kier molecular flexibility index (Phi) is 7.65. The number of anilines is 1.